The third-order valence-corrected chi connectivity index (χ3v) is 3.84. The minimum Gasteiger partial charge on any atom is -0.478 e. The molecule has 0 atom stereocenters. The Balaban J connectivity index is 2.17. The topological polar surface area (TPSA) is 60.9 Å². The molecule has 1 aliphatic heterocycles. The number of carboxylic acid groups (broad SMARTS) is 1. The van der Waals surface area contributed by atoms with Crippen LogP contribution in [0.5, 0.6) is 0 Å². The lowest BCUT2D eigenvalue weighted by Crippen LogP contribution is -2.45. The number of benzene rings is 1. The van der Waals surface area contributed by atoms with Gasteiger partial charge in [0.15, 0.2) is 0 Å². The van der Waals surface area contributed by atoms with Gasteiger partial charge in [-0.3, -0.25) is 4.90 Å². The standard InChI is InChI=1S/C15H20N2O3/c1-11-7-9-17(10-8-11)15(20)16(2)13-6-4-3-5-12(13)14(18)19/h3-6,11H,7-10H2,1-2H3,(H,18,19). The number of likely N-dealkylation sites (tertiary alicyclic amines) is 1. The second kappa shape index (κ2) is 5.94. The molecular weight excluding hydrogens is 256 g/mol. The summed E-state index contributed by atoms with van der Waals surface area (Å²) in [5.74, 6) is -0.372. The van der Waals surface area contributed by atoms with Gasteiger partial charge in [-0.25, -0.2) is 9.59 Å². The van der Waals surface area contributed by atoms with Crippen LogP contribution in [-0.4, -0.2) is 42.1 Å². The zero-order valence-corrected chi connectivity index (χ0v) is 11.9. The second-order valence-corrected chi connectivity index (χ2v) is 5.33. The summed E-state index contributed by atoms with van der Waals surface area (Å²) in [5.41, 5.74) is 0.581. The van der Waals surface area contributed by atoms with E-state index in [0.717, 1.165) is 25.9 Å². The number of hydrogen-bond donors (Lipinski definition) is 1. The molecule has 5 heteroatoms. The van der Waals surface area contributed by atoms with Crippen LogP contribution in [0.4, 0.5) is 10.5 Å². The number of hydrogen-bond acceptors (Lipinski definition) is 2. The van der Waals surface area contributed by atoms with Gasteiger partial charge in [0, 0.05) is 20.1 Å². The first-order chi connectivity index (χ1) is 9.50. The number of nitrogens with zero attached hydrogens (tertiary/aromatic N) is 2. The lowest BCUT2D eigenvalue weighted by atomic mass is 9.99. The molecule has 0 saturated carbocycles. The van der Waals surface area contributed by atoms with Gasteiger partial charge in [0.05, 0.1) is 11.3 Å². The quantitative estimate of drug-likeness (QED) is 0.903. The highest BCUT2D eigenvalue weighted by molar-refractivity contribution is 6.01. The van der Waals surface area contributed by atoms with E-state index in [2.05, 4.69) is 6.92 Å². The Bertz CT molecular complexity index is 508. The molecule has 1 aromatic carbocycles. The molecule has 108 valence electrons. The van der Waals surface area contributed by atoms with E-state index in [0.29, 0.717) is 11.6 Å². The number of urea groups is 1. The SMILES string of the molecule is CC1CCN(C(=O)N(C)c2ccccc2C(=O)O)CC1. The Labute approximate surface area is 118 Å². The summed E-state index contributed by atoms with van der Waals surface area (Å²) in [6.07, 6.45) is 2.00. The molecule has 1 fully saturated rings. The maximum atomic E-state index is 12.4. The van der Waals surface area contributed by atoms with Crippen LogP contribution in [0.15, 0.2) is 24.3 Å². The molecule has 20 heavy (non-hydrogen) atoms. The lowest BCUT2D eigenvalue weighted by molar-refractivity contribution is 0.0697. The first-order valence-electron chi connectivity index (χ1n) is 6.85. The normalized spacial score (nSPS) is 16.0. The van der Waals surface area contributed by atoms with Crippen LogP contribution >= 0.6 is 0 Å². The van der Waals surface area contributed by atoms with E-state index in [1.807, 2.05) is 0 Å². The van der Waals surface area contributed by atoms with Gasteiger partial charge in [-0.1, -0.05) is 19.1 Å². The molecule has 0 aliphatic carbocycles. The maximum Gasteiger partial charge on any atom is 0.337 e. The molecule has 1 aliphatic rings. The van der Waals surface area contributed by atoms with Gasteiger partial charge < -0.3 is 10.0 Å². The molecule has 2 rings (SSSR count). The number of piperidine rings is 1. The molecule has 1 heterocycles. The van der Waals surface area contributed by atoms with Crippen LogP contribution in [0.3, 0.4) is 0 Å². The van der Waals surface area contributed by atoms with E-state index in [1.54, 1.807) is 30.1 Å². The van der Waals surface area contributed by atoms with Crippen molar-refractivity contribution in [2.75, 3.05) is 25.0 Å². The number of carbonyl (C=O) groups is 2. The monoisotopic (exact) mass is 276 g/mol. The predicted molar refractivity (Wildman–Crippen MR) is 77.2 cm³/mol. The number of para-hydroxylation sites is 1. The first kappa shape index (κ1) is 14.4. The summed E-state index contributed by atoms with van der Waals surface area (Å²) in [6.45, 7) is 3.66. The first-order valence-corrected chi connectivity index (χ1v) is 6.85. The molecule has 0 unspecified atom stereocenters. The van der Waals surface area contributed by atoms with Crippen molar-refractivity contribution in [1.29, 1.82) is 0 Å². The highest BCUT2D eigenvalue weighted by atomic mass is 16.4. The summed E-state index contributed by atoms with van der Waals surface area (Å²) in [7, 11) is 1.63. The van der Waals surface area contributed by atoms with Gasteiger partial charge >= 0.3 is 12.0 Å². The van der Waals surface area contributed by atoms with Crippen molar-refractivity contribution in [1.82, 2.24) is 4.90 Å². The van der Waals surface area contributed by atoms with Crippen LogP contribution in [-0.2, 0) is 0 Å². The van der Waals surface area contributed by atoms with Crippen molar-refractivity contribution < 1.29 is 14.7 Å². The van der Waals surface area contributed by atoms with Gasteiger partial charge in [0.2, 0.25) is 0 Å². The fourth-order valence-electron chi connectivity index (χ4n) is 2.46. The summed E-state index contributed by atoms with van der Waals surface area (Å²) in [5, 5.41) is 9.19. The third kappa shape index (κ3) is 2.92. The average molecular weight is 276 g/mol. The summed E-state index contributed by atoms with van der Waals surface area (Å²) in [6, 6.07) is 6.44. The fraction of sp³-hybridized carbons (Fsp3) is 0.467. The Morgan fingerprint density at radius 2 is 1.85 bits per heavy atom. The highest BCUT2D eigenvalue weighted by Crippen LogP contribution is 2.23. The van der Waals surface area contributed by atoms with E-state index in [4.69, 9.17) is 0 Å². The van der Waals surface area contributed by atoms with Crippen LogP contribution < -0.4 is 4.90 Å². The van der Waals surface area contributed by atoms with E-state index >= 15 is 0 Å². The Morgan fingerprint density at radius 1 is 1.25 bits per heavy atom. The summed E-state index contributed by atoms with van der Waals surface area (Å²) in [4.78, 5) is 26.9. The second-order valence-electron chi connectivity index (χ2n) is 5.33. The maximum absolute atomic E-state index is 12.4. The van der Waals surface area contributed by atoms with Gasteiger partial charge in [-0.2, -0.15) is 0 Å². The molecule has 0 bridgehead atoms. The number of aromatic carboxylic acids is 1. The Morgan fingerprint density at radius 3 is 2.45 bits per heavy atom. The third-order valence-electron chi connectivity index (χ3n) is 3.84. The number of amides is 2. The zero-order chi connectivity index (χ0) is 14.7. The molecule has 0 aromatic heterocycles. The molecule has 2 amide bonds. The molecular formula is C15H20N2O3. The minimum absolute atomic E-state index is 0.134. The number of rotatable bonds is 2. The number of carboxylic acids is 1. The van der Waals surface area contributed by atoms with Gasteiger partial charge in [0.1, 0.15) is 0 Å². The van der Waals surface area contributed by atoms with E-state index < -0.39 is 5.97 Å². The zero-order valence-electron chi connectivity index (χ0n) is 11.9. The van der Waals surface area contributed by atoms with Crippen molar-refractivity contribution in [2.45, 2.75) is 19.8 Å². The van der Waals surface area contributed by atoms with Crippen LogP contribution in [0.25, 0.3) is 0 Å². The molecule has 0 radical (unpaired) electrons. The summed E-state index contributed by atoms with van der Waals surface area (Å²) >= 11 is 0. The Kier molecular flexibility index (Phi) is 4.27. The van der Waals surface area contributed by atoms with Crippen molar-refractivity contribution in [3.8, 4) is 0 Å². The van der Waals surface area contributed by atoms with Crippen LogP contribution in [0.1, 0.15) is 30.1 Å². The predicted octanol–water partition coefficient (Wildman–Crippen LogP) is 2.67. The molecule has 0 spiro atoms. The lowest BCUT2D eigenvalue weighted by Gasteiger charge is -2.33. The Hall–Kier alpha value is -2.04. The fourth-order valence-corrected chi connectivity index (χ4v) is 2.46. The van der Waals surface area contributed by atoms with Crippen molar-refractivity contribution in [3.63, 3.8) is 0 Å². The van der Waals surface area contributed by atoms with Crippen molar-refractivity contribution in [2.24, 2.45) is 5.92 Å². The van der Waals surface area contributed by atoms with Crippen LogP contribution in [0.2, 0.25) is 0 Å². The van der Waals surface area contributed by atoms with Gasteiger partial charge in [-0.15, -0.1) is 0 Å². The van der Waals surface area contributed by atoms with Gasteiger partial charge in [-0.05, 0) is 30.9 Å². The van der Waals surface area contributed by atoms with Crippen molar-refractivity contribution in [3.05, 3.63) is 29.8 Å². The highest BCUT2D eigenvalue weighted by Gasteiger charge is 2.25. The molecule has 1 N–H and O–H groups in total. The van der Waals surface area contributed by atoms with Crippen molar-refractivity contribution >= 4 is 17.7 Å². The van der Waals surface area contributed by atoms with E-state index in [1.165, 1.54) is 11.0 Å². The molecule has 1 saturated heterocycles. The minimum atomic E-state index is -1.02. The summed E-state index contributed by atoms with van der Waals surface area (Å²) < 4.78 is 0. The average Bonchev–Trinajstić information content (AvgIpc) is 2.46. The molecule has 5 nitrogen and oxygen atoms in total. The number of anilines is 1. The largest absolute Gasteiger partial charge is 0.478 e. The van der Waals surface area contributed by atoms with E-state index in [-0.39, 0.29) is 11.6 Å². The van der Waals surface area contributed by atoms with Gasteiger partial charge in [0.25, 0.3) is 0 Å². The number of carbonyl (C=O) groups excluding carboxylic acids is 1. The smallest absolute Gasteiger partial charge is 0.337 e. The molecule has 1 aromatic rings. The van der Waals surface area contributed by atoms with Crippen LogP contribution in [0, 0.1) is 5.92 Å². The van der Waals surface area contributed by atoms with E-state index in [9.17, 15) is 14.7 Å².